The summed E-state index contributed by atoms with van der Waals surface area (Å²) < 4.78 is 0. The summed E-state index contributed by atoms with van der Waals surface area (Å²) >= 11 is 0. The minimum Gasteiger partial charge on any atom is -0.397 e. The van der Waals surface area contributed by atoms with Crippen LogP contribution in [0.5, 0.6) is 0 Å². The number of nitrogens with one attached hydrogen (secondary N) is 1. The lowest BCUT2D eigenvalue weighted by molar-refractivity contribution is 0.0943. The molecule has 1 aromatic heterocycles. The number of nitrogens with two attached hydrogens (primary N) is 1. The molecule has 1 amide bonds. The number of carbonyl (C=O) groups is 1. The van der Waals surface area contributed by atoms with E-state index in [1.165, 1.54) is 12.8 Å². The van der Waals surface area contributed by atoms with E-state index < -0.39 is 0 Å². The summed E-state index contributed by atoms with van der Waals surface area (Å²) in [6.45, 7) is 7.97. The van der Waals surface area contributed by atoms with Gasteiger partial charge in [0.15, 0.2) is 0 Å². The summed E-state index contributed by atoms with van der Waals surface area (Å²) in [5.74, 6) is 0.745. The zero-order valence-corrected chi connectivity index (χ0v) is 12.4. The van der Waals surface area contributed by atoms with Gasteiger partial charge in [0.1, 0.15) is 0 Å². The molecular weight excluding hydrogens is 252 g/mol. The number of rotatable bonds is 4. The van der Waals surface area contributed by atoms with Gasteiger partial charge in [-0.05, 0) is 44.8 Å². The Hall–Kier alpha value is -1.62. The van der Waals surface area contributed by atoms with Crippen LogP contribution in [0, 0.1) is 12.8 Å². The first-order valence-corrected chi connectivity index (χ1v) is 7.29. The van der Waals surface area contributed by atoms with Gasteiger partial charge < -0.3 is 16.0 Å². The molecular formula is C15H24N4O. The van der Waals surface area contributed by atoms with Crippen LogP contribution < -0.4 is 11.1 Å². The predicted molar refractivity (Wildman–Crippen MR) is 80.6 cm³/mol. The average Bonchev–Trinajstić information content (AvgIpc) is 2.43. The SMILES string of the molecule is Cc1ncc(N)cc1C(=O)NCCN1CCC(C)CC1. The lowest BCUT2D eigenvalue weighted by Crippen LogP contribution is -2.39. The molecule has 3 N–H and O–H groups in total. The third-order valence-corrected chi connectivity index (χ3v) is 3.94. The van der Waals surface area contributed by atoms with Gasteiger partial charge in [0, 0.05) is 13.1 Å². The van der Waals surface area contributed by atoms with Crippen molar-refractivity contribution in [2.45, 2.75) is 26.7 Å². The van der Waals surface area contributed by atoms with E-state index >= 15 is 0 Å². The summed E-state index contributed by atoms with van der Waals surface area (Å²) in [6.07, 6.45) is 4.08. The standard InChI is InChI=1S/C15H24N4O/c1-11-3-6-19(7-4-11)8-5-17-15(20)14-9-13(16)10-18-12(14)2/h9-11H,3-8,16H2,1-2H3,(H,17,20). The average molecular weight is 276 g/mol. The molecule has 1 aliphatic rings. The van der Waals surface area contributed by atoms with Gasteiger partial charge in [-0.1, -0.05) is 6.92 Å². The molecule has 1 fully saturated rings. The summed E-state index contributed by atoms with van der Waals surface area (Å²) in [6, 6.07) is 1.68. The zero-order valence-electron chi connectivity index (χ0n) is 12.4. The van der Waals surface area contributed by atoms with Crippen molar-refractivity contribution in [1.29, 1.82) is 0 Å². The Labute approximate surface area is 120 Å². The largest absolute Gasteiger partial charge is 0.397 e. The van der Waals surface area contributed by atoms with Gasteiger partial charge in [0.05, 0.1) is 23.1 Å². The maximum Gasteiger partial charge on any atom is 0.253 e. The molecule has 2 heterocycles. The summed E-state index contributed by atoms with van der Waals surface area (Å²) in [5, 5.41) is 2.95. The smallest absolute Gasteiger partial charge is 0.253 e. The summed E-state index contributed by atoms with van der Waals surface area (Å²) in [4.78, 5) is 18.6. The molecule has 0 aliphatic carbocycles. The maximum atomic E-state index is 12.1. The van der Waals surface area contributed by atoms with Crippen LogP contribution >= 0.6 is 0 Å². The normalized spacial score (nSPS) is 17.1. The van der Waals surface area contributed by atoms with Crippen molar-refractivity contribution in [2.75, 3.05) is 31.9 Å². The molecule has 2 rings (SSSR count). The van der Waals surface area contributed by atoms with Crippen LogP contribution in [-0.4, -0.2) is 42.0 Å². The number of likely N-dealkylation sites (tertiary alicyclic amines) is 1. The van der Waals surface area contributed by atoms with E-state index in [4.69, 9.17) is 5.73 Å². The van der Waals surface area contributed by atoms with E-state index in [-0.39, 0.29) is 5.91 Å². The lowest BCUT2D eigenvalue weighted by atomic mass is 9.99. The number of aromatic nitrogens is 1. The van der Waals surface area contributed by atoms with Gasteiger partial charge in [-0.15, -0.1) is 0 Å². The van der Waals surface area contributed by atoms with E-state index in [1.807, 2.05) is 6.92 Å². The fourth-order valence-electron chi connectivity index (χ4n) is 2.49. The minimum atomic E-state index is -0.0901. The highest BCUT2D eigenvalue weighted by atomic mass is 16.1. The van der Waals surface area contributed by atoms with E-state index in [1.54, 1.807) is 12.3 Å². The van der Waals surface area contributed by atoms with Crippen LogP contribution in [0.15, 0.2) is 12.3 Å². The Morgan fingerprint density at radius 2 is 2.20 bits per heavy atom. The molecule has 0 saturated carbocycles. The third kappa shape index (κ3) is 3.93. The number of amides is 1. The maximum absolute atomic E-state index is 12.1. The van der Waals surface area contributed by atoms with Crippen LogP contribution in [0.4, 0.5) is 5.69 Å². The zero-order chi connectivity index (χ0) is 14.5. The van der Waals surface area contributed by atoms with Crippen molar-refractivity contribution in [3.63, 3.8) is 0 Å². The molecule has 0 aromatic carbocycles. The van der Waals surface area contributed by atoms with Crippen LogP contribution in [0.3, 0.4) is 0 Å². The number of carbonyl (C=O) groups excluding carboxylic acids is 1. The monoisotopic (exact) mass is 276 g/mol. The van der Waals surface area contributed by atoms with Gasteiger partial charge in [0.2, 0.25) is 0 Å². The molecule has 1 aromatic rings. The van der Waals surface area contributed by atoms with Crippen molar-refractivity contribution >= 4 is 11.6 Å². The summed E-state index contributed by atoms with van der Waals surface area (Å²) in [5.41, 5.74) is 7.47. The Morgan fingerprint density at radius 3 is 2.90 bits per heavy atom. The molecule has 1 aliphatic heterocycles. The van der Waals surface area contributed by atoms with E-state index in [2.05, 4.69) is 22.1 Å². The number of hydrogen-bond acceptors (Lipinski definition) is 4. The first kappa shape index (κ1) is 14.8. The van der Waals surface area contributed by atoms with E-state index in [9.17, 15) is 4.79 Å². The second-order valence-corrected chi connectivity index (χ2v) is 5.68. The molecule has 0 spiro atoms. The lowest BCUT2D eigenvalue weighted by Gasteiger charge is -2.30. The molecule has 110 valence electrons. The fourth-order valence-corrected chi connectivity index (χ4v) is 2.49. The molecule has 1 saturated heterocycles. The Bertz CT molecular complexity index is 467. The number of aryl methyl sites for hydroxylation is 1. The molecule has 5 nitrogen and oxygen atoms in total. The predicted octanol–water partition coefficient (Wildman–Crippen LogP) is 1.43. The first-order valence-electron chi connectivity index (χ1n) is 7.29. The highest BCUT2D eigenvalue weighted by Crippen LogP contribution is 2.15. The van der Waals surface area contributed by atoms with Crippen molar-refractivity contribution < 1.29 is 4.79 Å². The highest BCUT2D eigenvalue weighted by Gasteiger charge is 2.16. The molecule has 0 bridgehead atoms. The first-order chi connectivity index (χ1) is 9.56. The molecule has 5 heteroatoms. The van der Waals surface area contributed by atoms with Crippen LogP contribution in [0.2, 0.25) is 0 Å². The number of hydrogen-bond donors (Lipinski definition) is 2. The van der Waals surface area contributed by atoms with Gasteiger partial charge in [-0.25, -0.2) is 0 Å². The number of nitrogens with zero attached hydrogens (tertiary/aromatic N) is 2. The Morgan fingerprint density at radius 1 is 1.50 bits per heavy atom. The van der Waals surface area contributed by atoms with E-state index in [0.29, 0.717) is 23.5 Å². The summed E-state index contributed by atoms with van der Waals surface area (Å²) in [7, 11) is 0. The fraction of sp³-hybridized carbons (Fsp3) is 0.600. The Balaban J connectivity index is 1.79. The quantitative estimate of drug-likeness (QED) is 0.873. The van der Waals surface area contributed by atoms with Gasteiger partial charge >= 0.3 is 0 Å². The van der Waals surface area contributed by atoms with Gasteiger partial charge in [-0.2, -0.15) is 0 Å². The number of pyridine rings is 1. The molecule has 0 atom stereocenters. The van der Waals surface area contributed by atoms with E-state index in [0.717, 1.165) is 25.6 Å². The van der Waals surface area contributed by atoms with Gasteiger partial charge in [-0.3, -0.25) is 9.78 Å². The van der Waals surface area contributed by atoms with Crippen molar-refractivity contribution in [3.8, 4) is 0 Å². The third-order valence-electron chi connectivity index (χ3n) is 3.94. The second-order valence-electron chi connectivity index (χ2n) is 5.68. The van der Waals surface area contributed by atoms with Crippen LogP contribution in [0.25, 0.3) is 0 Å². The van der Waals surface area contributed by atoms with Crippen molar-refractivity contribution in [2.24, 2.45) is 5.92 Å². The molecule has 0 unspecified atom stereocenters. The number of nitrogen functional groups attached to an aromatic ring is 1. The number of anilines is 1. The van der Waals surface area contributed by atoms with Crippen LogP contribution in [0.1, 0.15) is 35.8 Å². The van der Waals surface area contributed by atoms with Crippen molar-refractivity contribution in [3.05, 3.63) is 23.5 Å². The van der Waals surface area contributed by atoms with Crippen LogP contribution in [-0.2, 0) is 0 Å². The highest BCUT2D eigenvalue weighted by molar-refractivity contribution is 5.95. The Kier molecular flexibility index (Phi) is 4.95. The molecule has 0 radical (unpaired) electrons. The molecule has 20 heavy (non-hydrogen) atoms. The minimum absolute atomic E-state index is 0.0901. The number of piperidine rings is 1. The van der Waals surface area contributed by atoms with Crippen molar-refractivity contribution in [1.82, 2.24) is 15.2 Å². The van der Waals surface area contributed by atoms with Gasteiger partial charge in [0.25, 0.3) is 5.91 Å². The second kappa shape index (κ2) is 6.70. The topological polar surface area (TPSA) is 71.2 Å².